The number of rotatable bonds is 8. The van der Waals surface area contributed by atoms with Gasteiger partial charge in [0, 0.05) is 6.54 Å². The predicted molar refractivity (Wildman–Crippen MR) is 103 cm³/mol. The summed E-state index contributed by atoms with van der Waals surface area (Å²) in [5.74, 6) is 0.836. The molecule has 8 heteroatoms. The van der Waals surface area contributed by atoms with Crippen molar-refractivity contribution in [2.45, 2.75) is 6.54 Å². The molecule has 0 spiro atoms. The third kappa shape index (κ3) is 5.89. The standard InChI is InChI=1S/C17H15IN2O4S/c1-22-17(21)16-8-7-15(23-14-5-3-2-4-6-14)11-13(16)12-20(10-9-19)25-24-18/h2-8,11H,10,12H2,1H3. The molecule has 0 amide bonds. The van der Waals surface area contributed by atoms with Gasteiger partial charge < -0.3 is 9.47 Å². The van der Waals surface area contributed by atoms with Crippen LogP contribution in [0.2, 0.25) is 0 Å². The lowest BCUT2D eigenvalue weighted by Crippen LogP contribution is -2.18. The summed E-state index contributed by atoms with van der Waals surface area (Å²) < 4.78 is 17.3. The topological polar surface area (TPSA) is 71.8 Å². The lowest BCUT2D eigenvalue weighted by Gasteiger charge is -2.17. The third-order valence-electron chi connectivity index (χ3n) is 3.19. The second kappa shape index (κ2) is 10.2. The van der Waals surface area contributed by atoms with Gasteiger partial charge in [-0.3, -0.25) is 0 Å². The molecule has 0 aromatic heterocycles. The fourth-order valence-electron chi connectivity index (χ4n) is 2.12. The maximum Gasteiger partial charge on any atom is 0.338 e. The number of hydrogen-bond donors (Lipinski definition) is 0. The van der Waals surface area contributed by atoms with Crippen LogP contribution in [0, 0.1) is 11.3 Å². The van der Waals surface area contributed by atoms with E-state index >= 15 is 0 Å². The minimum Gasteiger partial charge on any atom is -0.465 e. The molecule has 2 rings (SSSR count). The van der Waals surface area contributed by atoms with Crippen LogP contribution in [-0.4, -0.2) is 23.9 Å². The Kier molecular flexibility index (Phi) is 8.00. The van der Waals surface area contributed by atoms with Gasteiger partial charge in [-0.2, -0.15) is 5.26 Å². The van der Waals surface area contributed by atoms with Gasteiger partial charge in [-0.05, 0) is 35.9 Å². The van der Waals surface area contributed by atoms with Crippen LogP contribution in [0.3, 0.4) is 0 Å². The normalized spacial score (nSPS) is 10.3. The van der Waals surface area contributed by atoms with Gasteiger partial charge in [-0.25, -0.2) is 11.6 Å². The van der Waals surface area contributed by atoms with Gasteiger partial charge in [0.1, 0.15) is 34.5 Å². The summed E-state index contributed by atoms with van der Waals surface area (Å²) in [6.07, 6.45) is 0. The maximum absolute atomic E-state index is 12.0. The Morgan fingerprint density at radius 1 is 1.24 bits per heavy atom. The summed E-state index contributed by atoms with van der Waals surface area (Å²) in [5.41, 5.74) is 1.09. The van der Waals surface area contributed by atoms with Gasteiger partial charge >= 0.3 is 5.97 Å². The number of nitrogens with zero attached hydrogens (tertiary/aromatic N) is 2. The summed E-state index contributed by atoms with van der Waals surface area (Å²) in [7, 11) is 1.33. The Bertz CT molecular complexity index is 752. The van der Waals surface area contributed by atoms with Crippen LogP contribution in [0.5, 0.6) is 11.5 Å². The zero-order valence-electron chi connectivity index (χ0n) is 13.3. The fraction of sp³-hybridized carbons (Fsp3) is 0.176. The number of halogens is 1. The van der Waals surface area contributed by atoms with Gasteiger partial charge in [0.2, 0.25) is 0 Å². The second-order valence-corrected chi connectivity index (χ2v) is 6.69. The molecule has 2 aromatic rings. The molecule has 0 aliphatic rings. The van der Waals surface area contributed by atoms with E-state index in [9.17, 15) is 4.79 Å². The van der Waals surface area contributed by atoms with Crippen molar-refractivity contribution in [3.63, 3.8) is 0 Å². The number of nitriles is 1. The van der Waals surface area contributed by atoms with E-state index in [0.29, 0.717) is 29.2 Å². The Hall–Kier alpha value is -1.80. The van der Waals surface area contributed by atoms with E-state index in [1.165, 1.54) is 7.11 Å². The number of esters is 1. The number of ether oxygens (including phenoxy) is 2. The van der Waals surface area contributed by atoms with Crippen molar-refractivity contribution in [1.29, 1.82) is 5.26 Å². The lowest BCUT2D eigenvalue weighted by molar-refractivity contribution is 0.0599. The molecule has 6 nitrogen and oxygen atoms in total. The molecule has 0 fully saturated rings. The first-order valence-electron chi connectivity index (χ1n) is 7.19. The molecule has 0 unspecified atom stereocenters. The van der Waals surface area contributed by atoms with E-state index in [2.05, 4.69) is 6.07 Å². The average molecular weight is 470 g/mol. The van der Waals surface area contributed by atoms with Crippen molar-refractivity contribution in [1.82, 2.24) is 4.31 Å². The number of para-hydroxylation sites is 1. The number of carbonyl (C=O) groups is 1. The Morgan fingerprint density at radius 3 is 2.64 bits per heavy atom. The molecule has 2 aromatic carbocycles. The minimum atomic E-state index is -0.446. The van der Waals surface area contributed by atoms with E-state index in [1.54, 1.807) is 45.5 Å². The summed E-state index contributed by atoms with van der Waals surface area (Å²) in [4.78, 5) is 12.0. The second-order valence-electron chi connectivity index (χ2n) is 4.82. The van der Waals surface area contributed by atoms with E-state index < -0.39 is 5.97 Å². The molecule has 0 atom stereocenters. The molecule has 25 heavy (non-hydrogen) atoms. The highest BCUT2D eigenvalue weighted by Gasteiger charge is 2.17. The molecule has 0 radical (unpaired) electrons. The number of benzene rings is 2. The van der Waals surface area contributed by atoms with Crippen molar-refractivity contribution in [2.75, 3.05) is 13.7 Å². The van der Waals surface area contributed by atoms with Crippen LogP contribution >= 0.6 is 35.2 Å². The molecule has 0 N–H and O–H groups in total. The van der Waals surface area contributed by atoms with Crippen LogP contribution in [0.15, 0.2) is 48.5 Å². The number of methoxy groups -OCH3 is 1. The zero-order valence-corrected chi connectivity index (χ0v) is 16.3. The highest BCUT2D eigenvalue weighted by molar-refractivity contribution is 14.1. The first-order valence-corrected chi connectivity index (χ1v) is 8.77. The fourth-order valence-corrected chi connectivity index (χ4v) is 3.18. The van der Waals surface area contributed by atoms with Crippen molar-refractivity contribution >= 4 is 41.2 Å². The van der Waals surface area contributed by atoms with Crippen molar-refractivity contribution < 1.29 is 16.8 Å². The third-order valence-corrected chi connectivity index (χ3v) is 4.20. The zero-order chi connectivity index (χ0) is 18.1. The molecule has 130 valence electrons. The molecule has 0 bridgehead atoms. The minimum absolute atomic E-state index is 0.137. The highest BCUT2D eigenvalue weighted by Crippen LogP contribution is 2.27. The monoisotopic (exact) mass is 470 g/mol. The van der Waals surface area contributed by atoms with Gasteiger partial charge in [-0.15, -0.1) is 0 Å². The SMILES string of the molecule is COC(=O)c1ccc(Oc2ccccc2)cc1CN(CC#N)SOI. The summed E-state index contributed by atoms with van der Waals surface area (Å²) >= 11 is 2.77. The van der Waals surface area contributed by atoms with Crippen LogP contribution < -0.4 is 4.74 Å². The average Bonchev–Trinajstić information content (AvgIpc) is 2.63. The van der Waals surface area contributed by atoms with E-state index in [0.717, 1.165) is 12.2 Å². The van der Waals surface area contributed by atoms with E-state index in [1.807, 2.05) is 30.3 Å². The quantitative estimate of drug-likeness (QED) is 0.185. The van der Waals surface area contributed by atoms with Gasteiger partial charge in [-0.1, -0.05) is 18.2 Å². The van der Waals surface area contributed by atoms with Gasteiger partial charge in [0.05, 0.1) is 37.5 Å². The van der Waals surface area contributed by atoms with Crippen molar-refractivity contribution in [3.8, 4) is 17.6 Å². The first kappa shape index (κ1) is 19.5. The number of hydrogen-bond acceptors (Lipinski definition) is 7. The van der Waals surface area contributed by atoms with Crippen molar-refractivity contribution in [2.24, 2.45) is 0 Å². The molecule has 0 saturated heterocycles. The van der Waals surface area contributed by atoms with Crippen LogP contribution in [0.4, 0.5) is 0 Å². The Morgan fingerprint density at radius 2 is 2.00 bits per heavy atom. The molecule has 0 aliphatic carbocycles. The van der Waals surface area contributed by atoms with Gasteiger partial charge in [0.25, 0.3) is 0 Å². The Balaban J connectivity index is 2.30. The van der Waals surface area contributed by atoms with E-state index in [-0.39, 0.29) is 6.54 Å². The molecular weight excluding hydrogens is 455 g/mol. The summed E-state index contributed by atoms with van der Waals surface area (Å²) in [6.45, 7) is 0.454. The van der Waals surface area contributed by atoms with Crippen LogP contribution in [-0.2, 0) is 13.8 Å². The molecule has 0 aliphatic heterocycles. The Labute approximate surface area is 164 Å². The predicted octanol–water partition coefficient (Wildman–Crippen LogP) is 4.52. The molecular formula is C17H15IN2O4S. The highest BCUT2D eigenvalue weighted by atomic mass is 127. The summed E-state index contributed by atoms with van der Waals surface area (Å²) in [6, 6.07) is 16.5. The maximum atomic E-state index is 12.0. The lowest BCUT2D eigenvalue weighted by atomic mass is 10.1. The summed E-state index contributed by atoms with van der Waals surface area (Å²) in [5, 5.41) is 8.94. The van der Waals surface area contributed by atoms with Crippen LogP contribution in [0.1, 0.15) is 15.9 Å². The largest absolute Gasteiger partial charge is 0.465 e. The molecule has 0 saturated carbocycles. The smallest absolute Gasteiger partial charge is 0.338 e. The van der Waals surface area contributed by atoms with Crippen LogP contribution in [0.25, 0.3) is 0 Å². The van der Waals surface area contributed by atoms with Gasteiger partial charge in [0.15, 0.2) is 0 Å². The first-order chi connectivity index (χ1) is 12.2. The number of carbonyl (C=O) groups excluding carboxylic acids is 1. The molecule has 0 heterocycles. The van der Waals surface area contributed by atoms with E-state index in [4.69, 9.17) is 17.2 Å². The van der Waals surface area contributed by atoms with Crippen molar-refractivity contribution in [3.05, 3.63) is 59.7 Å².